The Morgan fingerprint density at radius 1 is 1.50 bits per heavy atom. The molecule has 3 atom stereocenters. The van der Waals surface area contributed by atoms with E-state index in [1.165, 1.54) is 19.3 Å². The minimum atomic E-state index is 0.0573. The van der Waals surface area contributed by atoms with Crippen LogP contribution >= 0.6 is 0 Å². The summed E-state index contributed by atoms with van der Waals surface area (Å²) in [5, 5.41) is 0. The maximum atomic E-state index is 5.70. The second-order valence-electron chi connectivity index (χ2n) is 3.70. The van der Waals surface area contributed by atoms with Crippen molar-refractivity contribution >= 4 is 0 Å². The maximum Gasteiger partial charge on any atom is 0.157 e. The first kappa shape index (κ1) is 10.0. The number of ether oxygens (including phenoxy) is 2. The second-order valence-corrected chi connectivity index (χ2v) is 3.70. The average molecular weight is 172 g/mol. The van der Waals surface area contributed by atoms with Crippen LogP contribution < -0.4 is 0 Å². The molecule has 0 aromatic heterocycles. The molecule has 1 fully saturated rings. The molecule has 0 aliphatic carbocycles. The summed E-state index contributed by atoms with van der Waals surface area (Å²) in [6.07, 6.45) is 5.27. The molecule has 72 valence electrons. The van der Waals surface area contributed by atoms with Crippen LogP contribution in [-0.2, 0) is 9.47 Å². The third-order valence-corrected chi connectivity index (χ3v) is 2.63. The summed E-state index contributed by atoms with van der Waals surface area (Å²) in [7, 11) is 1.72. The van der Waals surface area contributed by atoms with Gasteiger partial charge in [-0.25, -0.2) is 0 Å². The monoisotopic (exact) mass is 172 g/mol. The highest BCUT2D eigenvalue weighted by atomic mass is 16.7. The predicted molar refractivity (Wildman–Crippen MR) is 49.0 cm³/mol. The van der Waals surface area contributed by atoms with Crippen LogP contribution in [0.25, 0.3) is 0 Å². The van der Waals surface area contributed by atoms with Crippen LogP contribution in [0.1, 0.15) is 39.5 Å². The van der Waals surface area contributed by atoms with Gasteiger partial charge in [0.1, 0.15) is 0 Å². The van der Waals surface area contributed by atoms with E-state index in [2.05, 4.69) is 13.8 Å². The number of hydrogen-bond donors (Lipinski definition) is 0. The predicted octanol–water partition coefficient (Wildman–Crippen LogP) is 2.57. The Balaban J connectivity index is 2.25. The Kier molecular flexibility index (Phi) is 4.02. The van der Waals surface area contributed by atoms with Gasteiger partial charge < -0.3 is 9.47 Å². The molecule has 0 aromatic rings. The summed E-state index contributed by atoms with van der Waals surface area (Å²) in [4.78, 5) is 0. The highest BCUT2D eigenvalue weighted by molar-refractivity contribution is 4.75. The van der Waals surface area contributed by atoms with Crippen molar-refractivity contribution < 1.29 is 9.47 Å². The third kappa shape index (κ3) is 2.46. The Labute approximate surface area is 75.2 Å². The molecule has 0 amide bonds. The fourth-order valence-electron chi connectivity index (χ4n) is 1.75. The Bertz CT molecular complexity index is 125. The van der Waals surface area contributed by atoms with Crippen LogP contribution in [0.2, 0.25) is 0 Å². The Morgan fingerprint density at radius 3 is 2.75 bits per heavy atom. The maximum absolute atomic E-state index is 5.70. The first-order chi connectivity index (χ1) is 5.77. The van der Waals surface area contributed by atoms with E-state index in [0.29, 0.717) is 12.0 Å². The molecule has 0 aromatic carbocycles. The van der Waals surface area contributed by atoms with Crippen LogP contribution in [0.5, 0.6) is 0 Å². The molecule has 1 heterocycles. The Morgan fingerprint density at radius 2 is 2.25 bits per heavy atom. The topological polar surface area (TPSA) is 18.5 Å². The van der Waals surface area contributed by atoms with Crippen molar-refractivity contribution in [3.63, 3.8) is 0 Å². The molecule has 0 N–H and O–H groups in total. The highest BCUT2D eigenvalue weighted by Gasteiger charge is 2.31. The van der Waals surface area contributed by atoms with E-state index < -0.39 is 0 Å². The summed E-state index contributed by atoms with van der Waals surface area (Å²) < 4.78 is 10.9. The fourth-order valence-corrected chi connectivity index (χ4v) is 1.75. The third-order valence-electron chi connectivity index (χ3n) is 2.63. The SMILES string of the molecule is CCCCC1OC(OC)CC1C. The smallest absolute Gasteiger partial charge is 0.157 e. The number of unbranched alkanes of at least 4 members (excludes halogenated alkanes) is 1. The van der Waals surface area contributed by atoms with Crippen LogP contribution in [0.3, 0.4) is 0 Å². The average Bonchev–Trinajstić information content (AvgIpc) is 2.43. The van der Waals surface area contributed by atoms with Gasteiger partial charge in [0, 0.05) is 13.5 Å². The van der Waals surface area contributed by atoms with Gasteiger partial charge in [-0.3, -0.25) is 0 Å². The first-order valence-corrected chi connectivity index (χ1v) is 4.96. The van der Waals surface area contributed by atoms with Crippen molar-refractivity contribution in [2.75, 3.05) is 7.11 Å². The molecule has 1 aliphatic rings. The standard InChI is InChI=1S/C10H20O2/c1-4-5-6-9-8(2)7-10(11-3)12-9/h8-10H,4-7H2,1-3H3. The molecule has 12 heavy (non-hydrogen) atoms. The summed E-state index contributed by atoms with van der Waals surface area (Å²) >= 11 is 0. The molecule has 1 rings (SSSR count). The quantitative estimate of drug-likeness (QED) is 0.649. The van der Waals surface area contributed by atoms with Gasteiger partial charge in [0.2, 0.25) is 0 Å². The van der Waals surface area contributed by atoms with Crippen molar-refractivity contribution in [2.24, 2.45) is 5.92 Å². The second kappa shape index (κ2) is 4.83. The minimum Gasteiger partial charge on any atom is -0.356 e. The molecule has 0 radical (unpaired) electrons. The minimum absolute atomic E-state index is 0.0573. The van der Waals surface area contributed by atoms with Gasteiger partial charge in [0.25, 0.3) is 0 Å². The largest absolute Gasteiger partial charge is 0.356 e. The zero-order chi connectivity index (χ0) is 8.97. The molecule has 1 aliphatic heterocycles. The Hall–Kier alpha value is -0.0800. The lowest BCUT2D eigenvalue weighted by Crippen LogP contribution is -2.14. The highest BCUT2D eigenvalue weighted by Crippen LogP contribution is 2.29. The van der Waals surface area contributed by atoms with Gasteiger partial charge in [-0.05, 0) is 12.3 Å². The zero-order valence-corrected chi connectivity index (χ0v) is 8.38. The van der Waals surface area contributed by atoms with Gasteiger partial charge >= 0.3 is 0 Å². The van der Waals surface area contributed by atoms with E-state index in [1.54, 1.807) is 7.11 Å². The molecule has 3 unspecified atom stereocenters. The molecular formula is C10H20O2. The van der Waals surface area contributed by atoms with Crippen molar-refractivity contribution in [3.05, 3.63) is 0 Å². The molecule has 1 saturated heterocycles. The van der Waals surface area contributed by atoms with Crippen molar-refractivity contribution in [1.29, 1.82) is 0 Å². The summed E-state index contributed by atoms with van der Waals surface area (Å²) in [6.45, 7) is 4.47. The lowest BCUT2D eigenvalue weighted by atomic mass is 9.99. The van der Waals surface area contributed by atoms with E-state index in [-0.39, 0.29) is 6.29 Å². The summed E-state index contributed by atoms with van der Waals surface area (Å²) in [5.41, 5.74) is 0. The number of hydrogen-bond acceptors (Lipinski definition) is 2. The molecule has 2 nitrogen and oxygen atoms in total. The van der Waals surface area contributed by atoms with Gasteiger partial charge in [-0.1, -0.05) is 26.7 Å². The molecular weight excluding hydrogens is 152 g/mol. The van der Waals surface area contributed by atoms with Crippen LogP contribution in [0, 0.1) is 5.92 Å². The lowest BCUT2D eigenvalue weighted by molar-refractivity contribution is -0.117. The summed E-state index contributed by atoms with van der Waals surface area (Å²) in [6, 6.07) is 0. The number of methoxy groups -OCH3 is 1. The van der Waals surface area contributed by atoms with Gasteiger partial charge in [0.15, 0.2) is 6.29 Å². The van der Waals surface area contributed by atoms with E-state index >= 15 is 0 Å². The van der Waals surface area contributed by atoms with Crippen LogP contribution in [-0.4, -0.2) is 19.5 Å². The molecule has 0 bridgehead atoms. The van der Waals surface area contributed by atoms with Gasteiger partial charge in [-0.2, -0.15) is 0 Å². The van der Waals surface area contributed by atoms with Crippen molar-refractivity contribution in [1.82, 2.24) is 0 Å². The van der Waals surface area contributed by atoms with Gasteiger partial charge in [0.05, 0.1) is 6.10 Å². The van der Waals surface area contributed by atoms with E-state index in [0.717, 1.165) is 6.42 Å². The normalized spacial score (nSPS) is 35.8. The molecule has 0 saturated carbocycles. The van der Waals surface area contributed by atoms with Crippen molar-refractivity contribution in [3.8, 4) is 0 Å². The van der Waals surface area contributed by atoms with Crippen LogP contribution in [0.4, 0.5) is 0 Å². The molecule has 0 spiro atoms. The fraction of sp³-hybridized carbons (Fsp3) is 1.00. The van der Waals surface area contributed by atoms with E-state index in [4.69, 9.17) is 9.47 Å². The van der Waals surface area contributed by atoms with E-state index in [9.17, 15) is 0 Å². The van der Waals surface area contributed by atoms with Crippen LogP contribution in [0.15, 0.2) is 0 Å². The molecule has 2 heteroatoms. The van der Waals surface area contributed by atoms with Crippen molar-refractivity contribution in [2.45, 2.75) is 51.9 Å². The first-order valence-electron chi connectivity index (χ1n) is 4.96. The lowest BCUT2D eigenvalue weighted by Gasteiger charge is -2.13. The summed E-state index contributed by atoms with van der Waals surface area (Å²) in [5.74, 6) is 0.668. The van der Waals surface area contributed by atoms with E-state index in [1.807, 2.05) is 0 Å². The number of rotatable bonds is 4. The zero-order valence-electron chi connectivity index (χ0n) is 8.38. The van der Waals surface area contributed by atoms with Gasteiger partial charge in [-0.15, -0.1) is 0 Å².